The van der Waals surface area contributed by atoms with Crippen molar-refractivity contribution < 1.29 is 28.7 Å². The standard InChI is InChI=1S/C28H34O6/c1-4-7-8-9-10-15-25(30)20-16-17-26(34-28(32)33-22(5-2)6-3)24(18-20)27(31)23-14-12-11-13-21(23)19-29/h11-14,16-19,22H,4-10,15H2,1-3H3. The van der Waals surface area contributed by atoms with Gasteiger partial charge in [-0.05, 0) is 37.5 Å². The Hall–Kier alpha value is -3.28. The predicted octanol–water partition coefficient (Wildman–Crippen LogP) is 6.98. The lowest BCUT2D eigenvalue weighted by Gasteiger charge is -2.15. The third-order valence-electron chi connectivity index (χ3n) is 5.75. The number of rotatable bonds is 14. The van der Waals surface area contributed by atoms with E-state index in [1.807, 2.05) is 13.8 Å². The summed E-state index contributed by atoms with van der Waals surface area (Å²) in [6, 6.07) is 10.8. The summed E-state index contributed by atoms with van der Waals surface area (Å²) in [5.41, 5.74) is 0.779. The smallest absolute Gasteiger partial charge is 0.431 e. The molecule has 0 atom stereocenters. The van der Waals surface area contributed by atoms with Gasteiger partial charge in [0, 0.05) is 23.1 Å². The molecular weight excluding hydrogens is 432 g/mol. The molecular formula is C28H34O6. The van der Waals surface area contributed by atoms with Crippen LogP contribution in [-0.4, -0.2) is 30.1 Å². The zero-order chi connectivity index (χ0) is 24.9. The Balaban J connectivity index is 2.34. The first-order chi connectivity index (χ1) is 16.4. The summed E-state index contributed by atoms with van der Waals surface area (Å²) < 4.78 is 10.7. The normalized spacial score (nSPS) is 10.7. The maximum absolute atomic E-state index is 13.4. The molecule has 0 aliphatic heterocycles. The number of Topliss-reactive ketones (excluding diaryl/α,β-unsaturated/α-hetero) is 1. The maximum atomic E-state index is 13.4. The zero-order valence-corrected chi connectivity index (χ0v) is 20.3. The number of unbranched alkanes of at least 4 members (excludes halogenated alkanes) is 4. The molecule has 0 saturated heterocycles. The average Bonchev–Trinajstić information content (AvgIpc) is 2.86. The van der Waals surface area contributed by atoms with Gasteiger partial charge in [-0.3, -0.25) is 14.4 Å². The molecule has 0 aromatic heterocycles. The zero-order valence-electron chi connectivity index (χ0n) is 20.3. The third kappa shape index (κ3) is 7.65. The molecule has 0 aliphatic rings. The average molecular weight is 467 g/mol. The minimum atomic E-state index is -0.915. The van der Waals surface area contributed by atoms with Gasteiger partial charge in [0.1, 0.15) is 11.9 Å². The molecule has 6 nitrogen and oxygen atoms in total. The summed E-state index contributed by atoms with van der Waals surface area (Å²) in [4.78, 5) is 49.9. The van der Waals surface area contributed by atoms with E-state index in [4.69, 9.17) is 9.47 Å². The largest absolute Gasteiger partial charge is 0.514 e. The highest BCUT2D eigenvalue weighted by molar-refractivity contribution is 6.15. The van der Waals surface area contributed by atoms with Crippen LogP contribution in [0.1, 0.15) is 109 Å². The molecule has 2 rings (SSSR count). The Bertz CT molecular complexity index is 990. The van der Waals surface area contributed by atoms with E-state index < -0.39 is 11.9 Å². The van der Waals surface area contributed by atoms with E-state index in [0.29, 0.717) is 31.1 Å². The van der Waals surface area contributed by atoms with Gasteiger partial charge in [0.25, 0.3) is 0 Å². The van der Waals surface area contributed by atoms with Gasteiger partial charge in [-0.1, -0.05) is 70.7 Å². The van der Waals surface area contributed by atoms with Crippen LogP contribution in [0.15, 0.2) is 42.5 Å². The molecule has 0 amide bonds. The van der Waals surface area contributed by atoms with Crippen molar-refractivity contribution in [3.63, 3.8) is 0 Å². The van der Waals surface area contributed by atoms with Gasteiger partial charge >= 0.3 is 6.16 Å². The second kappa shape index (κ2) is 14.1. The minimum Gasteiger partial charge on any atom is -0.431 e. The van der Waals surface area contributed by atoms with E-state index in [9.17, 15) is 19.2 Å². The second-order valence-corrected chi connectivity index (χ2v) is 8.24. The molecule has 0 N–H and O–H groups in total. The number of ether oxygens (including phenoxy) is 2. The Morgan fingerprint density at radius 1 is 0.882 bits per heavy atom. The highest BCUT2D eigenvalue weighted by atomic mass is 16.7. The molecule has 0 heterocycles. The molecule has 0 fully saturated rings. The molecule has 182 valence electrons. The summed E-state index contributed by atoms with van der Waals surface area (Å²) in [5.74, 6) is -0.604. The number of benzene rings is 2. The number of hydrogen-bond donors (Lipinski definition) is 0. The Morgan fingerprint density at radius 3 is 2.26 bits per heavy atom. The van der Waals surface area contributed by atoms with Crippen molar-refractivity contribution in [1.82, 2.24) is 0 Å². The summed E-state index contributed by atoms with van der Waals surface area (Å²) in [7, 11) is 0. The maximum Gasteiger partial charge on any atom is 0.514 e. The lowest BCUT2D eigenvalue weighted by molar-refractivity contribution is 0.0547. The molecule has 0 bridgehead atoms. The van der Waals surface area contributed by atoms with Gasteiger partial charge in [0.2, 0.25) is 0 Å². The number of carbonyl (C=O) groups excluding carboxylic acids is 4. The van der Waals surface area contributed by atoms with Crippen LogP contribution in [0.3, 0.4) is 0 Å². The Labute approximate surface area is 201 Å². The van der Waals surface area contributed by atoms with Crippen molar-refractivity contribution in [2.45, 2.75) is 78.2 Å². The topological polar surface area (TPSA) is 86.7 Å². The molecule has 0 saturated carbocycles. The number of ketones is 2. The SMILES string of the molecule is CCCCCCCC(=O)c1ccc(OC(=O)OC(CC)CC)c(C(=O)c2ccccc2C=O)c1. The lowest BCUT2D eigenvalue weighted by Crippen LogP contribution is -2.21. The van der Waals surface area contributed by atoms with Crippen molar-refractivity contribution in [3.8, 4) is 5.75 Å². The summed E-state index contributed by atoms with van der Waals surface area (Å²) in [6.45, 7) is 5.93. The van der Waals surface area contributed by atoms with Crippen LogP contribution in [0, 0.1) is 0 Å². The number of aldehydes is 1. The van der Waals surface area contributed by atoms with Crippen LogP contribution in [0.5, 0.6) is 5.75 Å². The molecule has 0 spiro atoms. The van der Waals surface area contributed by atoms with Gasteiger partial charge in [-0.15, -0.1) is 0 Å². The molecule has 0 radical (unpaired) electrons. The van der Waals surface area contributed by atoms with Gasteiger partial charge in [0.15, 0.2) is 17.9 Å². The Kier molecular flexibility index (Phi) is 11.2. The summed E-state index contributed by atoms with van der Waals surface area (Å²) in [6.07, 6.45) is 6.13. The molecule has 0 aliphatic carbocycles. The summed E-state index contributed by atoms with van der Waals surface area (Å²) in [5, 5.41) is 0. The van der Waals surface area contributed by atoms with Gasteiger partial charge in [-0.25, -0.2) is 4.79 Å². The first-order valence-corrected chi connectivity index (χ1v) is 12.1. The fourth-order valence-corrected chi connectivity index (χ4v) is 3.66. The predicted molar refractivity (Wildman–Crippen MR) is 131 cm³/mol. The number of hydrogen-bond acceptors (Lipinski definition) is 6. The molecule has 34 heavy (non-hydrogen) atoms. The van der Waals surface area contributed by atoms with Gasteiger partial charge in [0.05, 0.1) is 5.56 Å². The third-order valence-corrected chi connectivity index (χ3v) is 5.75. The second-order valence-electron chi connectivity index (χ2n) is 8.24. The highest BCUT2D eigenvalue weighted by Gasteiger charge is 2.23. The van der Waals surface area contributed by atoms with Crippen LogP contribution in [-0.2, 0) is 4.74 Å². The quantitative estimate of drug-likeness (QED) is 0.0981. The highest BCUT2D eigenvalue weighted by Crippen LogP contribution is 2.26. The van der Waals surface area contributed by atoms with Crippen molar-refractivity contribution >= 4 is 24.0 Å². The minimum absolute atomic E-state index is 0.0128. The van der Waals surface area contributed by atoms with E-state index >= 15 is 0 Å². The summed E-state index contributed by atoms with van der Waals surface area (Å²) >= 11 is 0. The van der Waals surface area contributed by atoms with E-state index in [-0.39, 0.29) is 34.3 Å². The van der Waals surface area contributed by atoms with Crippen molar-refractivity contribution in [3.05, 3.63) is 64.7 Å². The van der Waals surface area contributed by atoms with Crippen LogP contribution >= 0.6 is 0 Å². The van der Waals surface area contributed by atoms with Gasteiger partial charge < -0.3 is 9.47 Å². The molecule has 2 aromatic rings. The monoisotopic (exact) mass is 466 g/mol. The Morgan fingerprint density at radius 2 is 1.59 bits per heavy atom. The van der Waals surface area contributed by atoms with Crippen LogP contribution in [0.4, 0.5) is 4.79 Å². The number of carbonyl (C=O) groups is 4. The molecule has 6 heteroatoms. The fourth-order valence-electron chi connectivity index (χ4n) is 3.66. The van der Waals surface area contributed by atoms with Crippen molar-refractivity contribution in [2.75, 3.05) is 0 Å². The first kappa shape index (κ1) is 27.0. The van der Waals surface area contributed by atoms with E-state index in [2.05, 4.69) is 6.92 Å². The van der Waals surface area contributed by atoms with Crippen molar-refractivity contribution in [1.29, 1.82) is 0 Å². The van der Waals surface area contributed by atoms with E-state index in [1.54, 1.807) is 18.2 Å². The van der Waals surface area contributed by atoms with E-state index in [0.717, 1.165) is 32.1 Å². The molecule has 0 unspecified atom stereocenters. The van der Waals surface area contributed by atoms with Crippen LogP contribution in [0.25, 0.3) is 0 Å². The van der Waals surface area contributed by atoms with E-state index in [1.165, 1.54) is 24.3 Å². The van der Waals surface area contributed by atoms with Crippen LogP contribution < -0.4 is 4.74 Å². The lowest BCUT2D eigenvalue weighted by atomic mass is 9.95. The molecule has 2 aromatic carbocycles. The van der Waals surface area contributed by atoms with Crippen LogP contribution in [0.2, 0.25) is 0 Å². The van der Waals surface area contributed by atoms with Gasteiger partial charge in [-0.2, -0.15) is 0 Å². The fraction of sp³-hybridized carbons (Fsp3) is 0.429. The first-order valence-electron chi connectivity index (χ1n) is 12.1. The van der Waals surface area contributed by atoms with Crippen molar-refractivity contribution in [2.24, 2.45) is 0 Å².